The molecule has 1 aromatic rings. The van der Waals surface area contributed by atoms with Crippen molar-refractivity contribution in [3.05, 3.63) is 35.9 Å². The molecule has 1 aromatic carbocycles. The molecule has 0 aliphatic carbocycles. The van der Waals surface area contributed by atoms with Gasteiger partial charge in [0.2, 0.25) is 5.91 Å². The van der Waals surface area contributed by atoms with E-state index in [2.05, 4.69) is 36.5 Å². The van der Waals surface area contributed by atoms with Gasteiger partial charge in [-0.2, -0.15) is 0 Å². The van der Waals surface area contributed by atoms with Crippen LogP contribution in [-0.2, 0) is 11.2 Å². The molecule has 2 heteroatoms. The largest absolute Gasteiger partial charge is 0.356 e. The summed E-state index contributed by atoms with van der Waals surface area (Å²) in [5.41, 5.74) is 1.32. The standard InChI is InChI=1S/C16H25NO/c1-3-5-11-15(16(18)17-4-2)13-12-14-9-7-6-8-10-14/h6-10,15H,3-5,11-13H2,1-2H3,(H,17,18). The van der Waals surface area contributed by atoms with Gasteiger partial charge in [-0.05, 0) is 31.7 Å². The summed E-state index contributed by atoms with van der Waals surface area (Å²) in [4.78, 5) is 12.0. The van der Waals surface area contributed by atoms with Crippen molar-refractivity contribution in [1.82, 2.24) is 5.32 Å². The Balaban J connectivity index is 2.47. The predicted octanol–water partition coefficient (Wildman–Crippen LogP) is 3.56. The molecule has 1 unspecified atom stereocenters. The topological polar surface area (TPSA) is 29.1 Å². The van der Waals surface area contributed by atoms with Crippen molar-refractivity contribution in [3.8, 4) is 0 Å². The predicted molar refractivity (Wildman–Crippen MR) is 76.5 cm³/mol. The van der Waals surface area contributed by atoms with E-state index in [1.54, 1.807) is 0 Å². The number of rotatable bonds is 8. The lowest BCUT2D eigenvalue weighted by Gasteiger charge is -2.15. The van der Waals surface area contributed by atoms with Crippen LogP contribution >= 0.6 is 0 Å². The van der Waals surface area contributed by atoms with Gasteiger partial charge in [0, 0.05) is 12.5 Å². The van der Waals surface area contributed by atoms with Gasteiger partial charge in [-0.3, -0.25) is 4.79 Å². The van der Waals surface area contributed by atoms with Gasteiger partial charge in [-0.15, -0.1) is 0 Å². The van der Waals surface area contributed by atoms with Crippen LogP contribution in [0.2, 0.25) is 0 Å². The van der Waals surface area contributed by atoms with Gasteiger partial charge in [0.05, 0.1) is 0 Å². The van der Waals surface area contributed by atoms with Gasteiger partial charge < -0.3 is 5.32 Å². The Morgan fingerprint density at radius 1 is 1.17 bits per heavy atom. The minimum Gasteiger partial charge on any atom is -0.356 e. The Bertz CT molecular complexity index is 334. The molecule has 0 saturated heterocycles. The van der Waals surface area contributed by atoms with Crippen LogP contribution in [0, 0.1) is 5.92 Å². The van der Waals surface area contributed by atoms with E-state index in [-0.39, 0.29) is 11.8 Å². The van der Waals surface area contributed by atoms with Gasteiger partial charge in [0.1, 0.15) is 0 Å². The lowest BCUT2D eigenvalue weighted by Crippen LogP contribution is -2.30. The summed E-state index contributed by atoms with van der Waals surface area (Å²) >= 11 is 0. The molecule has 1 N–H and O–H groups in total. The van der Waals surface area contributed by atoms with Crippen molar-refractivity contribution >= 4 is 5.91 Å². The third-order valence-corrected chi connectivity index (χ3v) is 3.25. The second-order valence-electron chi connectivity index (χ2n) is 4.76. The molecular formula is C16H25NO. The quantitative estimate of drug-likeness (QED) is 0.747. The molecule has 0 heterocycles. The summed E-state index contributed by atoms with van der Waals surface area (Å²) in [6, 6.07) is 10.4. The smallest absolute Gasteiger partial charge is 0.223 e. The van der Waals surface area contributed by atoms with Crippen LogP contribution in [-0.4, -0.2) is 12.5 Å². The fraction of sp³-hybridized carbons (Fsp3) is 0.562. The van der Waals surface area contributed by atoms with E-state index >= 15 is 0 Å². The maximum atomic E-state index is 12.0. The first-order chi connectivity index (χ1) is 8.77. The van der Waals surface area contributed by atoms with Crippen LogP contribution in [0.4, 0.5) is 0 Å². The highest BCUT2D eigenvalue weighted by atomic mass is 16.1. The van der Waals surface area contributed by atoms with Gasteiger partial charge >= 0.3 is 0 Å². The average molecular weight is 247 g/mol. The summed E-state index contributed by atoms with van der Waals surface area (Å²) < 4.78 is 0. The summed E-state index contributed by atoms with van der Waals surface area (Å²) in [5.74, 6) is 0.395. The van der Waals surface area contributed by atoms with E-state index in [0.29, 0.717) is 0 Å². The number of aryl methyl sites for hydroxylation is 1. The van der Waals surface area contributed by atoms with Gasteiger partial charge in [-0.25, -0.2) is 0 Å². The first-order valence-electron chi connectivity index (χ1n) is 7.09. The van der Waals surface area contributed by atoms with E-state index in [1.165, 1.54) is 5.56 Å². The van der Waals surface area contributed by atoms with Crippen molar-refractivity contribution in [1.29, 1.82) is 0 Å². The monoisotopic (exact) mass is 247 g/mol. The normalized spacial score (nSPS) is 12.1. The number of amides is 1. The van der Waals surface area contributed by atoms with Crippen LogP contribution in [0.3, 0.4) is 0 Å². The maximum absolute atomic E-state index is 12.0. The summed E-state index contributed by atoms with van der Waals surface area (Å²) in [5, 5.41) is 2.95. The Morgan fingerprint density at radius 3 is 2.50 bits per heavy atom. The highest BCUT2D eigenvalue weighted by Gasteiger charge is 2.16. The summed E-state index contributed by atoms with van der Waals surface area (Å²) in [6.07, 6.45) is 5.25. The molecule has 0 saturated carbocycles. The third-order valence-electron chi connectivity index (χ3n) is 3.25. The number of unbranched alkanes of at least 4 members (excludes halogenated alkanes) is 1. The fourth-order valence-electron chi connectivity index (χ4n) is 2.16. The van der Waals surface area contributed by atoms with Crippen LogP contribution in [0.15, 0.2) is 30.3 Å². The molecule has 1 amide bonds. The molecular weight excluding hydrogens is 222 g/mol. The number of hydrogen-bond acceptors (Lipinski definition) is 1. The van der Waals surface area contributed by atoms with Crippen molar-refractivity contribution in [3.63, 3.8) is 0 Å². The van der Waals surface area contributed by atoms with Gasteiger partial charge in [-0.1, -0.05) is 50.1 Å². The molecule has 0 spiro atoms. The van der Waals surface area contributed by atoms with Crippen LogP contribution in [0.25, 0.3) is 0 Å². The van der Waals surface area contributed by atoms with E-state index in [9.17, 15) is 4.79 Å². The highest BCUT2D eigenvalue weighted by Crippen LogP contribution is 2.16. The second kappa shape index (κ2) is 8.73. The molecule has 2 nitrogen and oxygen atoms in total. The van der Waals surface area contributed by atoms with E-state index in [1.807, 2.05) is 13.0 Å². The lowest BCUT2D eigenvalue weighted by molar-refractivity contribution is -0.125. The molecule has 18 heavy (non-hydrogen) atoms. The van der Waals surface area contributed by atoms with Crippen molar-refractivity contribution < 1.29 is 4.79 Å². The Kier molecular flexibility index (Phi) is 7.16. The van der Waals surface area contributed by atoms with Gasteiger partial charge in [0.25, 0.3) is 0 Å². The fourth-order valence-corrected chi connectivity index (χ4v) is 2.16. The zero-order valence-electron chi connectivity index (χ0n) is 11.6. The zero-order valence-corrected chi connectivity index (χ0v) is 11.6. The number of benzene rings is 1. The Hall–Kier alpha value is -1.31. The second-order valence-corrected chi connectivity index (χ2v) is 4.76. The SMILES string of the molecule is CCCCC(CCc1ccccc1)C(=O)NCC. The molecule has 1 atom stereocenters. The molecule has 0 fully saturated rings. The first kappa shape index (κ1) is 14.7. The van der Waals surface area contributed by atoms with Crippen molar-refractivity contribution in [2.24, 2.45) is 5.92 Å². The molecule has 1 rings (SSSR count). The van der Waals surface area contributed by atoms with Crippen molar-refractivity contribution in [2.45, 2.75) is 46.0 Å². The maximum Gasteiger partial charge on any atom is 0.223 e. The average Bonchev–Trinajstić information content (AvgIpc) is 2.40. The van der Waals surface area contributed by atoms with E-state index in [4.69, 9.17) is 0 Å². The van der Waals surface area contributed by atoms with E-state index in [0.717, 1.165) is 38.6 Å². The van der Waals surface area contributed by atoms with Gasteiger partial charge in [0.15, 0.2) is 0 Å². The molecule has 0 radical (unpaired) electrons. The highest BCUT2D eigenvalue weighted by molar-refractivity contribution is 5.78. The molecule has 0 aliphatic rings. The number of carbonyl (C=O) groups is 1. The molecule has 0 aliphatic heterocycles. The third kappa shape index (κ3) is 5.35. The van der Waals surface area contributed by atoms with Crippen LogP contribution in [0.1, 0.15) is 45.1 Å². The van der Waals surface area contributed by atoms with Crippen LogP contribution in [0.5, 0.6) is 0 Å². The minimum absolute atomic E-state index is 0.171. The summed E-state index contributed by atoms with van der Waals surface area (Å²) in [6.45, 7) is 4.88. The molecule has 0 bridgehead atoms. The molecule has 0 aromatic heterocycles. The van der Waals surface area contributed by atoms with Crippen molar-refractivity contribution in [2.75, 3.05) is 6.54 Å². The zero-order chi connectivity index (χ0) is 13.2. The number of carbonyl (C=O) groups excluding carboxylic acids is 1. The Morgan fingerprint density at radius 2 is 1.89 bits per heavy atom. The molecule has 100 valence electrons. The summed E-state index contributed by atoms with van der Waals surface area (Å²) in [7, 11) is 0. The van der Waals surface area contributed by atoms with E-state index < -0.39 is 0 Å². The van der Waals surface area contributed by atoms with Crippen LogP contribution < -0.4 is 5.32 Å². The first-order valence-corrected chi connectivity index (χ1v) is 7.09. The number of hydrogen-bond donors (Lipinski definition) is 1. The lowest BCUT2D eigenvalue weighted by atomic mass is 9.93. The minimum atomic E-state index is 0.171. The number of nitrogens with one attached hydrogen (secondary N) is 1. The Labute approximate surface area is 111 Å².